The van der Waals surface area contributed by atoms with Crippen molar-refractivity contribution in [1.82, 2.24) is 0 Å². The SMILES string of the molecule is C/C=C/c1cccc2c1OC(CC)CN2. The molecule has 1 heterocycles. The van der Waals surface area contributed by atoms with Gasteiger partial charge in [-0.05, 0) is 19.4 Å². The minimum absolute atomic E-state index is 0.295. The minimum atomic E-state index is 0.295. The number of para-hydroxylation sites is 1. The fraction of sp³-hybridized carbons (Fsp3) is 0.385. The van der Waals surface area contributed by atoms with Crippen LogP contribution in [-0.2, 0) is 0 Å². The number of hydrogen-bond donors (Lipinski definition) is 1. The molecule has 2 heteroatoms. The average Bonchev–Trinajstić information content (AvgIpc) is 2.29. The fourth-order valence-corrected chi connectivity index (χ4v) is 1.80. The molecular weight excluding hydrogens is 186 g/mol. The Kier molecular flexibility index (Phi) is 2.95. The summed E-state index contributed by atoms with van der Waals surface area (Å²) in [6.45, 7) is 5.07. The van der Waals surface area contributed by atoms with Gasteiger partial charge in [-0.3, -0.25) is 0 Å². The van der Waals surface area contributed by atoms with Crippen molar-refractivity contribution < 1.29 is 4.74 Å². The zero-order chi connectivity index (χ0) is 10.7. The van der Waals surface area contributed by atoms with Crippen LogP contribution >= 0.6 is 0 Å². The largest absolute Gasteiger partial charge is 0.486 e. The van der Waals surface area contributed by atoms with Crippen molar-refractivity contribution >= 4 is 11.8 Å². The van der Waals surface area contributed by atoms with Gasteiger partial charge in [0.25, 0.3) is 0 Å². The number of anilines is 1. The summed E-state index contributed by atoms with van der Waals surface area (Å²) in [5.74, 6) is 0.994. The first-order valence-electron chi connectivity index (χ1n) is 5.51. The normalized spacial score (nSPS) is 19.5. The van der Waals surface area contributed by atoms with E-state index >= 15 is 0 Å². The Morgan fingerprint density at radius 2 is 2.40 bits per heavy atom. The maximum atomic E-state index is 5.95. The summed E-state index contributed by atoms with van der Waals surface area (Å²) in [5.41, 5.74) is 2.26. The molecule has 1 aliphatic heterocycles. The van der Waals surface area contributed by atoms with Crippen LogP contribution in [0.4, 0.5) is 5.69 Å². The zero-order valence-corrected chi connectivity index (χ0v) is 9.29. The summed E-state index contributed by atoms with van der Waals surface area (Å²) >= 11 is 0. The van der Waals surface area contributed by atoms with Gasteiger partial charge >= 0.3 is 0 Å². The van der Waals surface area contributed by atoms with Crippen molar-refractivity contribution in [2.45, 2.75) is 26.4 Å². The Bertz CT molecular complexity index is 371. The Balaban J connectivity index is 2.36. The highest BCUT2D eigenvalue weighted by Gasteiger charge is 2.19. The highest BCUT2D eigenvalue weighted by Crippen LogP contribution is 2.34. The molecule has 0 aromatic heterocycles. The third-order valence-electron chi connectivity index (χ3n) is 2.65. The Morgan fingerprint density at radius 3 is 3.13 bits per heavy atom. The van der Waals surface area contributed by atoms with Gasteiger partial charge < -0.3 is 10.1 Å². The van der Waals surface area contributed by atoms with E-state index in [0.717, 1.165) is 30.0 Å². The smallest absolute Gasteiger partial charge is 0.150 e. The molecule has 0 fully saturated rings. The molecule has 1 aromatic rings. The van der Waals surface area contributed by atoms with Crippen LogP contribution in [0.3, 0.4) is 0 Å². The van der Waals surface area contributed by atoms with Crippen LogP contribution in [0, 0.1) is 0 Å². The maximum absolute atomic E-state index is 5.95. The summed E-state index contributed by atoms with van der Waals surface area (Å²) < 4.78 is 5.95. The predicted molar refractivity (Wildman–Crippen MR) is 64.3 cm³/mol. The fourth-order valence-electron chi connectivity index (χ4n) is 1.80. The molecule has 0 bridgehead atoms. The number of rotatable bonds is 2. The highest BCUT2D eigenvalue weighted by molar-refractivity contribution is 5.70. The Hall–Kier alpha value is -1.44. The van der Waals surface area contributed by atoms with E-state index in [1.165, 1.54) is 0 Å². The number of fused-ring (bicyclic) bond motifs is 1. The molecule has 1 aliphatic rings. The second-order valence-corrected chi connectivity index (χ2v) is 3.75. The Morgan fingerprint density at radius 1 is 1.53 bits per heavy atom. The van der Waals surface area contributed by atoms with Crippen molar-refractivity contribution in [1.29, 1.82) is 0 Å². The molecule has 0 aliphatic carbocycles. The molecule has 0 spiro atoms. The van der Waals surface area contributed by atoms with Gasteiger partial charge in [0, 0.05) is 5.56 Å². The number of allylic oxidation sites excluding steroid dienone is 1. The second kappa shape index (κ2) is 4.39. The molecular formula is C13H17NO. The van der Waals surface area contributed by atoms with Gasteiger partial charge in [-0.25, -0.2) is 0 Å². The molecule has 0 saturated carbocycles. The van der Waals surface area contributed by atoms with Crippen LogP contribution in [0.15, 0.2) is 24.3 Å². The van der Waals surface area contributed by atoms with Crippen LogP contribution < -0.4 is 10.1 Å². The van der Waals surface area contributed by atoms with Gasteiger partial charge in [0.2, 0.25) is 0 Å². The van der Waals surface area contributed by atoms with Crippen molar-refractivity contribution in [3.8, 4) is 5.75 Å². The molecule has 0 amide bonds. The van der Waals surface area contributed by atoms with E-state index in [9.17, 15) is 0 Å². The van der Waals surface area contributed by atoms with Crippen molar-refractivity contribution in [3.05, 3.63) is 29.8 Å². The van der Waals surface area contributed by atoms with E-state index in [1.807, 2.05) is 13.0 Å². The molecule has 0 radical (unpaired) electrons. The molecule has 1 atom stereocenters. The van der Waals surface area contributed by atoms with E-state index in [0.29, 0.717) is 6.10 Å². The summed E-state index contributed by atoms with van der Waals surface area (Å²) in [6.07, 6.45) is 5.45. The van der Waals surface area contributed by atoms with E-state index in [2.05, 4.69) is 36.5 Å². The zero-order valence-electron chi connectivity index (χ0n) is 9.29. The monoisotopic (exact) mass is 203 g/mol. The molecule has 2 rings (SSSR count). The van der Waals surface area contributed by atoms with Crippen LogP contribution in [0.5, 0.6) is 5.75 Å². The predicted octanol–water partition coefficient (Wildman–Crippen LogP) is 3.30. The number of hydrogen-bond acceptors (Lipinski definition) is 2. The van der Waals surface area contributed by atoms with Gasteiger partial charge in [-0.15, -0.1) is 0 Å². The topological polar surface area (TPSA) is 21.3 Å². The van der Waals surface area contributed by atoms with Crippen LogP contribution in [-0.4, -0.2) is 12.6 Å². The molecule has 15 heavy (non-hydrogen) atoms. The Labute approximate surface area is 91.0 Å². The molecule has 1 unspecified atom stereocenters. The summed E-state index contributed by atoms with van der Waals surface area (Å²) in [6, 6.07) is 6.20. The van der Waals surface area contributed by atoms with Gasteiger partial charge in [0.05, 0.1) is 12.2 Å². The summed E-state index contributed by atoms with van der Waals surface area (Å²) in [4.78, 5) is 0. The van der Waals surface area contributed by atoms with E-state index in [4.69, 9.17) is 4.74 Å². The van der Waals surface area contributed by atoms with E-state index < -0.39 is 0 Å². The molecule has 1 aromatic carbocycles. The van der Waals surface area contributed by atoms with Crippen LogP contribution in [0.1, 0.15) is 25.8 Å². The van der Waals surface area contributed by atoms with E-state index in [1.54, 1.807) is 0 Å². The van der Waals surface area contributed by atoms with Crippen LogP contribution in [0.25, 0.3) is 6.08 Å². The number of ether oxygens (including phenoxy) is 1. The summed E-state index contributed by atoms with van der Waals surface area (Å²) in [5, 5.41) is 3.40. The first kappa shape index (κ1) is 10.1. The standard InChI is InChI=1S/C13H17NO/c1-3-6-10-7-5-8-12-13(10)15-11(4-2)9-14-12/h3,5-8,11,14H,4,9H2,1-2H3/b6-3+. The molecule has 2 nitrogen and oxygen atoms in total. The maximum Gasteiger partial charge on any atom is 0.150 e. The first-order chi connectivity index (χ1) is 7.35. The average molecular weight is 203 g/mol. The molecule has 80 valence electrons. The van der Waals surface area contributed by atoms with Gasteiger partial charge in [-0.1, -0.05) is 31.2 Å². The lowest BCUT2D eigenvalue weighted by molar-refractivity contribution is 0.201. The second-order valence-electron chi connectivity index (χ2n) is 3.75. The summed E-state index contributed by atoms with van der Waals surface area (Å²) in [7, 11) is 0. The molecule has 0 saturated heterocycles. The van der Waals surface area contributed by atoms with Crippen molar-refractivity contribution in [2.24, 2.45) is 0 Å². The number of benzene rings is 1. The van der Waals surface area contributed by atoms with Gasteiger partial charge in [0.15, 0.2) is 0 Å². The lowest BCUT2D eigenvalue weighted by Crippen LogP contribution is -2.30. The third-order valence-corrected chi connectivity index (χ3v) is 2.65. The first-order valence-corrected chi connectivity index (χ1v) is 5.51. The van der Waals surface area contributed by atoms with Gasteiger partial charge in [-0.2, -0.15) is 0 Å². The highest BCUT2D eigenvalue weighted by atomic mass is 16.5. The minimum Gasteiger partial charge on any atom is -0.486 e. The number of nitrogens with one attached hydrogen (secondary N) is 1. The van der Waals surface area contributed by atoms with Gasteiger partial charge in [0.1, 0.15) is 11.9 Å². The third kappa shape index (κ3) is 1.99. The van der Waals surface area contributed by atoms with Crippen molar-refractivity contribution in [2.75, 3.05) is 11.9 Å². The van der Waals surface area contributed by atoms with Crippen molar-refractivity contribution in [3.63, 3.8) is 0 Å². The van der Waals surface area contributed by atoms with Crippen LogP contribution in [0.2, 0.25) is 0 Å². The lowest BCUT2D eigenvalue weighted by Gasteiger charge is -2.27. The quantitative estimate of drug-likeness (QED) is 0.796. The van der Waals surface area contributed by atoms with E-state index in [-0.39, 0.29) is 0 Å². The lowest BCUT2D eigenvalue weighted by atomic mass is 10.1. The molecule has 1 N–H and O–H groups in total.